The average molecular weight is 133 g/mol. The molecule has 1 nitrogen and oxygen atoms in total. The summed E-state index contributed by atoms with van der Waals surface area (Å²) >= 11 is 0. The smallest absolute Gasteiger partial charge is 0.0693 e. The lowest BCUT2D eigenvalue weighted by molar-refractivity contribution is 0.367. The van der Waals surface area contributed by atoms with E-state index in [1.807, 2.05) is 0 Å². The Balaban J connectivity index is 2.33. The molecule has 2 aliphatic carbocycles. The minimum atomic E-state index is -0.0284. The summed E-state index contributed by atoms with van der Waals surface area (Å²) in [5.41, 5.74) is -0.0284. The highest BCUT2D eigenvalue weighted by Crippen LogP contribution is 2.51. The molecule has 0 N–H and O–H groups in total. The van der Waals surface area contributed by atoms with E-state index < -0.39 is 0 Å². The van der Waals surface area contributed by atoms with Gasteiger partial charge in [0.25, 0.3) is 0 Å². The molecule has 3 atom stereocenters. The van der Waals surface area contributed by atoms with Crippen LogP contribution >= 0.6 is 0 Å². The van der Waals surface area contributed by atoms with Crippen molar-refractivity contribution in [2.24, 2.45) is 17.3 Å². The molecule has 0 amide bonds. The molecule has 0 spiro atoms. The second-order valence-electron chi connectivity index (χ2n) is 3.72. The molecule has 2 rings (SSSR count). The van der Waals surface area contributed by atoms with Crippen LogP contribution < -0.4 is 0 Å². The first-order chi connectivity index (χ1) is 4.74. The molecule has 0 aromatic carbocycles. The van der Waals surface area contributed by atoms with E-state index in [2.05, 4.69) is 25.1 Å². The summed E-state index contributed by atoms with van der Waals surface area (Å²) in [6.07, 6.45) is 6.80. The normalized spacial score (nSPS) is 49.6. The van der Waals surface area contributed by atoms with E-state index in [1.54, 1.807) is 0 Å². The van der Waals surface area contributed by atoms with Crippen molar-refractivity contribution in [3.63, 3.8) is 0 Å². The Labute approximate surface area is 61.4 Å². The van der Waals surface area contributed by atoms with Gasteiger partial charge in [-0.3, -0.25) is 0 Å². The van der Waals surface area contributed by atoms with E-state index in [1.165, 1.54) is 6.42 Å². The summed E-state index contributed by atoms with van der Waals surface area (Å²) in [4.78, 5) is 0. The standard InChI is InChI=1S/C9H11N/c1-9(6-10)5-7-2-3-8(9)4-7/h2-3,7-8H,4-5H2,1H3/t7?,8-,9+/m1/s1. The number of allylic oxidation sites excluding steroid dienone is 2. The Bertz CT molecular complexity index is 223. The molecule has 1 unspecified atom stereocenters. The molecule has 2 aliphatic rings. The topological polar surface area (TPSA) is 23.8 Å². The molecule has 0 saturated heterocycles. The maximum Gasteiger partial charge on any atom is 0.0693 e. The number of nitriles is 1. The van der Waals surface area contributed by atoms with Crippen LogP contribution in [-0.4, -0.2) is 0 Å². The van der Waals surface area contributed by atoms with E-state index in [0.29, 0.717) is 5.92 Å². The summed E-state index contributed by atoms with van der Waals surface area (Å²) in [5, 5.41) is 8.86. The third-order valence-electron chi connectivity index (χ3n) is 2.93. The predicted octanol–water partition coefficient (Wildman–Crippen LogP) is 2.11. The van der Waals surface area contributed by atoms with Crippen LogP contribution in [0.3, 0.4) is 0 Å². The quantitative estimate of drug-likeness (QED) is 0.464. The maximum atomic E-state index is 8.86. The highest BCUT2D eigenvalue weighted by atomic mass is 14.5. The Morgan fingerprint density at radius 3 is 2.70 bits per heavy atom. The van der Waals surface area contributed by atoms with E-state index in [0.717, 1.165) is 12.3 Å². The van der Waals surface area contributed by atoms with Gasteiger partial charge in [0.05, 0.1) is 11.5 Å². The predicted molar refractivity (Wildman–Crippen MR) is 39.1 cm³/mol. The Morgan fingerprint density at radius 2 is 2.40 bits per heavy atom. The number of nitrogens with zero attached hydrogens (tertiary/aromatic N) is 1. The first kappa shape index (κ1) is 5.97. The minimum absolute atomic E-state index is 0.0284. The van der Waals surface area contributed by atoms with Crippen molar-refractivity contribution < 1.29 is 0 Å². The lowest BCUT2D eigenvalue weighted by atomic mass is 9.79. The van der Waals surface area contributed by atoms with Crippen LogP contribution in [0.25, 0.3) is 0 Å². The molecule has 52 valence electrons. The van der Waals surface area contributed by atoms with Crippen molar-refractivity contribution in [1.29, 1.82) is 5.26 Å². The summed E-state index contributed by atoms with van der Waals surface area (Å²) in [5.74, 6) is 1.28. The molecule has 2 bridgehead atoms. The molecule has 0 heterocycles. The Kier molecular flexibility index (Phi) is 0.976. The fourth-order valence-electron chi connectivity index (χ4n) is 2.22. The third kappa shape index (κ3) is 0.568. The van der Waals surface area contributed by atoms with E-state index in [4.69, 9.17) is 5.26 Å². The zero-order valence-electron chi connectivity index (χ0n) is 6.17. The first-order valence-corrected chi connectivity index (χ1v) is 3.84. The number of fused-ring (bicyclic) bond motifs is 2. The molecule has 1 heteroatoms. The van der Waals surface area contributed by atoms with Gasteiger partial charge in [0.15, 0.2) is 0 Å². The van der Waals surface area contributed by atoms with Gasteiger partial charge in [0, 0.05) is 0 Å². The van der Waals surface area contributed by atoms with Crippen molar-refractivity contribution in [3.8, 4) is 6.07 Å². The number of hydrogen-bond donors (Lipinski definition) is 0. The summed E-state index contributed by atoms with van der Waals surface area (Å²) < 4.78 is 0. The monoisotopic (exact) mass is 133 g/mol. The van der Waals surface area contributed by atoms with Crippen molar-refractivity contribution in [3.05, 3.63) is 12.2 Å². The molecule has 1 fully saturated rings. The third-order valence-corrected chi connectivity index (χ3v) is 2.93. The van der Waals surface area contributed by atoms with Crippen LogP contribution in [0, 0.1) is 28.6 Å². The van der Waals surface area contributed by atoms with Gasteiger partial charge >= 0.3 is 0 Å². The highest BCUT2D eigenvalue weighted by Gasteiger charge is 2.45. The van der Waals surface area contributed by atoms with Crippen LogP contribution in [0.15, 0.2) is 12.2 Å². The number of rotatable bonds is 0. The highest BCUT2D eigenvalue weighted by molar-refractivity contribution is 5.20. The molecule has 0 aromatic heterocycles. The van der Waals surface area contributed by atoms with Crippen LogP contribution in [-0.2, 0) is 0 Å². The molecular weight excluding hydrogens is 122 g/mol. The molecule has 10 heavy (non-hydrogen) atoms. The van der Waals surface area contributed by atoms with Gasteiger partial charge in [0.1, 0.15) is 0 Å². The Morgan fingerprint density at radius 1 is 1.60 bits per heavy atom. The fourth-order valence-corrected chi connectivity index (χ4v) is 2.22. The van der Waals surface area contributed by atoms with Gasteiger partial charge in [-0.2, -0.15) is 5.26 Å². The summed E-state index contributed by atoms with van der Waals surface area (Å²) in [7, 11) is 0. The van der Waals surface area contributed by atoms with Gasteiger partial charge in [-0.1, -0.05) is 12.2 Å². The Hall–Kier alpha value is -0.770. The van der Waals surface area contributed by atoms with Crippen LogP contribution in [0.4, 0.5) is 0 Å². The summed E-state index contributed by atoms with van der Waals surface area (Å²) in [6, 6.07) is 2.42. The van der Waals surface area contributed by atoms with Gasteiger partial charge in [0.2, 0.25) is 0 Å². The van der Waals surface area contributed by atoms with E-state index in [-0.39, 0.29) is 5.41 Å². The largest absolute Gasteiger partial charge is 0.198 e. The molecule has 1 saturated carbocycles. The first-order valence-electron chi connectivity index (χ1n) is 3.84. The van der Waals surface area contributed by atoms with Crippen molar-refractivity contribution in [2.45, 2.75) is 19.8 Å². The lowest BCUT2D eigenvalue weighted by Gasteiger charge is -2.22. The number of hydrogen-bond acceptors (Lipinski definition) is 1. The molecular formula is C9H11N. The molecule has 0 aliphatic heterocycles. The van der Waals surface area contributed by atoms with Gasteiger partial charge < -0.3 is 0 Å². The fraction of sp³-hybridized carbons (Fsp3) is 0.667. The summed E-state index contributed by atoms with van der Waals surface area (Å²) in [6.45, 7) is 2.08. The van der Waals surface area contributed by atoms with Crippen molar-refractivity contribution >= 4 is 0 Å². The van der Waals surface area contributed by atoms with Gasteiger partial charge in [-0.15, -0.1) is 0 Å². The van der Waals surface area contributed by atoms with Crippen molar-refractivity contribution in [2.75, 3.05) is 0 Å². The van der Waals surface area contributed by atoms with Crippen molar-refractivity contribution in [1.82, 2.24) is 0 Å². The second kappa shape index (κ2) is 1.63. The lowest BCUT2D eigenvalue weighted by Crippen LogP contribution is -2.18. The van der Waals surface area contributed by atoms with E-state index >= 15 is 0 Å². The molecule has 0 aromatic rings. The van der Waals surface area contributed by atoms with Crippen LogP contribution in [0.1, 0.15) is 19.8 Å². The minimum Gasteiger partial charge on any atom is -0.198 e. The SMILES string of the molecule is C[C@@]1(C#N)CC2C=C[C@@H]1C2. The maximum absolute atomic E-state index is 8.86. The van der Waals surface area contributed by atoms with E-state index in [9.17, 15) is 0 Å². The zero-order chi connectivity index (χ0) is 7.19. The zero-order valence-corrected chi connectivity index (χ0v) is 6.17. The van der Waals surface area contributed by atoms with Crippen LogP contribution in [0.5, 0.6) is 0 Å². The van der Waals surface area contributed by atoms with Gasteiger partial charge in [-0.05, 0) is 31.6 Å². The van der Waals surface area contributed by atoms with Crippen LogP contribution in [0.2, 0.25) is 0 Å². The average Bonchev–Trinajstić information content (AvgIpc) is 2.46. The second-order valence-corrected chi connectivity index (χ2v) is 3.72. The molecule has 0 radical (unpaired) electrons. The van der Waals surface area contributed by atoms with Gasteiger partial charge in [-0.25, -0.2) is 0 Å².